The second-order valence-electron chi connectivity index (χ2n) is 7.08. The Morgan fingerprint density at radius 3 is 2.79 bits per heavy atom. The summed E-state index contributed by atoms with van der Waals surface area (Å²) in [6, 6.07) is 0. The first-order valence-electron chi connectivity index (χ1n) is 8.31. The number of thiophene rings is 1. The average Bonchev–Trinajstić information content (AvgIpc) is 2.87. The van der Waals surface area contributed by atoms with Gasteiger partial charge in [-0.15, -0.1) is 23.1 Å². The third-order valence-electron chi connectivity index (χ3n) is 4.10. The molecule has 0 fully saturated rings. The van der Waals surface area contributed by atoms with Gasteiger partial charge < -0.3 is 9.64 Å². The number of hydrogen-bond acceptors (Lipinski definition) is 6. The Labute approximate surface area is 156 Å². The van der Waals surface area contributed by atoms with E-state index in [0.29, 0.717) is 6.61 Å². The van der Waals surface area contributed by atoms with Gasteiger partial charge in [0.15, 0.2) is 5.16 Å². The standard InChI is InChI=1S/C17H25N3OS3/c1-17(2)9-12-11(10-21-17)13-14(24-12)15(19-16(18-13)22-5)23-8-6-7-20(3)4/h6-10H2,1-5H3/p+1. The van der Waals surface area contributed by atoms with Gasteiger partial charge in [-0.05, 0) is 20.1 Å². The summed E-state index contributed by atoms with van der Waals surface area (Å²) in [4.78, 5) is 12.5. The summed E-state index contributed by atoms with van der Waals surface area (Å²) in [7, 11) is 4.41. The molecule has 2 aromatic rings. The SMILES string of the molecule is CSc1nc(SCCC[NH+](C)C)c2sc3c(c2n1)COC(C)(C)C3. The minimum Gasteiger partial charge on any atom is -0.370 e. The smallest absolute Gasteiger partial charge is 0.188 e. The highest BCUT2D eigenvalue weighted by atomic mass is 32.2. The van der Waals surface area contributed by atoms with Gasteiger partial charge in [0.1, 0.15) is 5.03 Å². The lowest BCUT2D eigenvalue weighted by atomic mass is 9.98. The summed E-state index contributed by atoms with van der Waals surface area (Å²) < 4.78 is 7.28. The highest BCUT2D eigenvalue weighted by Gasteiger charge is 2.30. The summed E-state index contributed by atoms with van der Waals surface area (Å²) in [5.41, 5.74) is 2.32. The van der Waals surface area contributed by atoms with Crippen LogP contribution in [0.2, 0.25) is 0 Å². The lowest BCUT2D eigenvalue weighted by molar-refractivity contribution is -0.858. The third-order valence-corrected chi connectivity index (χ3v) is 7.06. The molecule has 0 radical (unpaired) electrons. The Balaban J connectivity index is 1.92. The van der Waals surface area contributed by atoms with Crippen molar-refractivity contribution in [1.29, 1.82) is 0 Å². The molecule has 0 aromatic carbocycles. The largest absolute Gasteiger partial charge is 0.370 e. The second kappa shape index (κ2) is 7.50. The summed E-state index contributed by atoms with van der Waals surface area (Å²) in [6.45, 7) is 6.19. The van der Waals surface area contributed by atoms with Crippen molar-refractivity contribution in [1.82, 2.24) is 9.97 Å². The molecule has 7 heteroatoms. The van der Waals surface area contributed by atoms with E-state index in [0.717, 1.165) is 27.9 Å². The van der Waals surface area contributed by atoms with Crippen LogP contribution in [0.15, 0.2) is 10.2 Å². The predicted molar refractivity (Wildman–Crippen MR) is 105 cm³/mol. The molecule has 0 bridgehead atoms. The molecule has 3 rings (SSSR count). The van der Waals surface area contributed by atoms with E-state index in [4.69, 9.17) is 14.7 Å². The van der Waals surface area contributed by atoms with Gasteiger partial charge in [-0.2, -0.15) is 0 Å². The van der Waals surface area contributed by atoms with Gasteiger partial charge in [0.2, 0.25) is 0 Å². The molecular weight excluding hydrogens is 358 g/mol. The van der Waals surface area contributed by atoms with E-state index in [1.54, 1.807) is 11.8 Å². The monoisotopic (exact) mass is 384 g/mol. The van der Waals surface area contributed by atoms with E-state index < -0.39 is 0 Å². The molecule has 1 aliphatic heterocycles. The number of rotatable bonds is 6. The minimum absolute atomic E-state index is 0.0779. The molecule has 132 valence electrons. The highest BCUT2D eigenvalue weighted by molar-refractivity contribution is 7.99. The van der Waals surface area contributed by atoms with Gasteiger partial charge in [0.05, 0.1) is 43.1 Å². The Bertz CT molecular complexity index is 727. The maximum absolute atomic E-state index is 6.03. The van der Waals surface area contributed by atoms with E-state index in [-0.39, 0.29) is 5.60 Å². The maximum Gasteiger partial charge on any atom is 0.188 e. The van der Waals surface area contributed by atoms with Crippen molar-refractivity contribution < 1.29 is 9.64 Å². The Morgan fingerprint density at radius 2 is 2.08 bits per heavy atom. The van der Waals surface area contributed by atoms with Crippen LogP contribution in [0.3, 0.4) is 0 Å². The van der Waals surface area contributed by atoms with Gasteiger partial charge in [-0.25, -0.2) is 9.97 Å². The molecule has 0 aliphatic carbocycles. The minimum atomic E-state index is -0.0779. The van der Waals surface area contributed by atoms with Crippen LogP contribution in [-0.4, -0.2) is 48.2 Å². The molecular formula is C17H26N3OS3+. The van der Waals surface area contributed by atoms with E-state index in [1.165, 1.54) is 33.0 Å². The lowest BCUT2D eigenvalue weighted by Crippen LogP contribution is -3.05. The molecule has 24 heavy (non-hydrogen) atoms. The number of hydrogen-bond donors (Lipinski definition) is 1. The molecule has 4 nitrogen and oxygen atoms in total. The lowest BCUT2D eigenvalue weighted by Gasteiger charge is -2.29. The summed E-state index contributed by atoms with van der Waals surface area (Å²) >= 11 is 5.37. The van der Waals surface area contributed by atoms with Gasteiger partial charge in [-0.1, -0.05) is 11.8 Å². The molecule has 0 atom stereocenters. The molecule has 0 unspecified atom stereocenters. The molecule has 1 N–H and O–H groups in total. The number of fused-ring (bicyclic) bond motifs is 3. The van der Waals surface area contributed by atoms with Crippen LogP contribution in [0.1, 0.15) is 30.7 Å². The normalized spacial score (nSPS) is 16.8. The number of quaternary nitrogens is 1. The van der Waals surface area contributed by atoms with Crippen LogP contribution in [0.5, 0.6) is 0 Å². The highest BCUT2D eigenvalue weighted by Crippen LogP contribution is 2.41. The second-order valence-corrected chi connectivity index (χ2v) is 10.0. The number of nitrogens with zero attached hydrogens (tertiary/aromatic N) is 2. The number of ether oxygens (including phenoxy) is 1. The first kappa shape index (κ1) is 18.5. The Kier molecular flexibility index (Phi) is 5.76. The van der Waals surface area contributed by atoms with Crippen molar-refractivity contribution in [3.05, 3.63) is 10.4 Å². The van der Waals surface area contributed by atoms with Gasteiger partial charge in [0, 0.05) is 29.0 Å². The molecule has 0 saturated heterocycles. The average molecular weight is 385 g/mol. The van der Waals surface area contributed by atoms with Crippen LogP contribution < -0.4 is 4.90 Å². The van der Waals surface area contributed by atoms with Crippen LogP contribution in [-0.2, 0) is 17.8 Å². The zero-order valence-electron chi connectivity index (χ0n) is 15.1. The van der Waals surface area contributed by atoms with Crippen LogP contribution >= 0.6 is 34.9 Å². The fourth-order valence-corrected chi connectivity index (χ4v) is 5.73. The molecule has 0 spiro atoms. The van der Waals surface area contributed by atoms with E-state index >= 15 is 0 Å². The quantitative estimate of drug-likeness (QED) is 0.359. The molecule has 2 aromatic heterocycles. The van der Waals surface area contributed by atoms with E-state index in [9.17, 15) is 0 Å². The fourth-order valence-electron chi connectivity index (χ4n) is 2.80. The summed E-state index contributed by atoms with van der Waals surface area (Å²) in [5.74, 6) is 1.11. The van der Waals surface area contributed by atoms with Gasteiger partial charge >= 0.3 is 0 Å². The summed E-state index contributed by atoms with van der Waals surface area (Å²) in [5, 5.41) is 2.02. The Morgan fingerprint density at radius 1 is 1.29 bits per heavy atom. The Hall–Kier alpha value is -0.340. The van der Waals surface area contributed by atoms with Crippen LogP contribution in [0.4, 0.5) is 0 Å². The van der Waals surface area contributed by atoms with Gasteiger partial charge in [-0.3, -0.25) is 0 Å². The molecule has 0 saturated carbocycles. The van der Waals surface area contributed by atoms with Crippen molar-refractivity contribution >= 4 is 45.1 Å². The van der Waals surface area contributed by atoms with Crippen molar-refractivity contribution in [2.75, 3.05) is 32.6 Å². The van der Waals surface area contributed by atoms with Crippen molar-refractivity contribution in [2.24, 2.45) is 0 Å². The number of thioether (sulfide) groups is 2. The van der Waals surface area contributed by atoms with Gasteiger partial charge in [0.25, 0.3) is 0 Å². The predicted octanol–water partition coefficient (Wildman–Crippen LogP) is 2.89. The maximum atomic E-state index is 6.03. The van der Waals surface area contributed by atoms with E-state index in [2.05, 4.69) is 27.9 Å². The molecule has 3 heterocycles. The molecule has 0 amide bonds. The number of nitrogens with one attached hydrogen (secondary N) is 1. The molecule has 1 aliphatic rings. The van der Waals surface area contributed by atoms with E-state index in [1.807, 2.05) is 29.4 Å². The summed E-state index contributed by atoms with van der Waals surface area (Å²) in [6.07, 6.45) is 4.21. The number of aromatic nitrogens is 2. The topological polar surface area (TPSA) is 39.5 Å². The zero-order chi connectivity index (χ0) is 17.3. The van der Waals surface area contributed by atoms with Crippen molar-refractivity contribution in [3.8, 4) is 0 Å². The first-order valence-corrected chi connectivity index (χ1v) is 11.3. The van der Waals surface area contributed by atoms with Crippen molar-refractivity contribution in [2.45, 2.75) is 49.1 Å². The first-order chi connectivity index (χ1) is 11.4. The van der Waals surface area contributed by atoms with Crippen LogP contribution in [0, 0.1) is 0 Å². The third kappa shape index (κ3) is 4.07. The van der Waals surface area contributed by atoms with Crippen molar-refractivity contribution in [3.63, 3.8) is 0 Å². The zero-order valence-corrected chi connectivity index (χ0v) is 17.5. The van der Waals surface area contributed by atoms with Crippen LogP contribution in [0.25, 0.3) is 10.2 Å². The fraction of sp³-hybridized carbons (Fsp3) is 0.647.